The quantitative estimate of drug-likeness (QED) is 0.205. The SMILES string of the molecule is C=C(C)C(=O)OCCCCCCC(=O)OC(COCCCCOC)c1ccccc1. The van der Waals surface area contributed by atoms with Gasteiger partial charge in [0.05, 0.1) is 13.2 Å². The summed E-state index contributed by atoms with van der Waals surface area (Å²) in [4.78, 5) is 23.6. The maximum absolute atomic E-state index is 12.3. The summed E-state index contributed by atoms with van der Waals surface area (Å²) in [6.07, 6.45) is 5.11. The van der Waals surface area contributed by atoms with Gasteiger partial charge in [0.2, 0.25) is 0 Å². The van der Waals surface area contributed by atoms with E-state index in [-0.39, 0.29) is 11.9 Å². The molecule has 0 fully saturated rings. The maximum atomic E-state index is 12.3. The van der Waals surface area contributed by atoms with Gasteiger partial charge in [0.1, 0.15) is 0 Å². The minimum atomic E-state index is -0.400. The van der Waals surface area contributed by atoms with Gasteiger partial charge in [0.25, 0.3) is 0 Å². The summed E-state index contributed by atoms with van der Waals surface area (Å²) in [6.45, 7) is 7.23. The minimum Gasteiger partial charge on any atom is -0.462 e. The molecule has 0 aliphatic carbocycles. The number of benzene rings is 1. The van der Waals surface area contributed by atoms with Gasteiger partial charge in [-0.3, -0.25) is 4.79 Å². The molecule has 0 N–H and O–H groups in total. The van der Waals surface area contributed by atoms with E-state index in [4.69, 9.17) is 18.9 Å². The Morgan fingerprint density at radius 1 is 0.933 bits per heavy atom. The molecule has 30 heavy (non-hydrogen) atoms. The van der Waals surface area contributed by atoms with Gasteiger partial charge in [0, 0.05) is 32.3 Å². The van der Waals surface area contributed by atoms with Crippen molar-refractivity contribution < 1.29 is 28.5 Å². The third-order valence-corrected chi connectivity index (χ3v) is 4.46. The molecule has 0 aliphatic rings. The summed E-state index contributed by atoms with van der Waals surface area (Å²) >= 11 is 0. The van der Waals surface area contributed by atoms with Gasteiger partial charge in [-0.15, -0.1) is 0 Å². The Labute approximate surface area is 180 Å². The fourth-order valence-corrected chi connectivity index (χ4v) is 2.74. The lowest BCUT2D eigenvalue weighted by atomic mass is 10.1. The van der Waals surface area contributed by atoms with Gasteiger partial charge >= 0.3 is 11.9 Å². The summed E-state index contributed by atoms with van der Waals surface area (Å²) in [6, 6.07) is 9.67. The number of ether oxygens (including phenoxy) is 4. The van der Waals surface area contributed by atoms with Gasteiger partial charge in [0.15, 0.2) is 6.10 Å². The van der Waals surface area contributed by atoms with Gasteiger partial charge < -0.3 is 18.9 Å². The van der Waals surface area contributed by atoms with Crippen molar-refractivity contribution in [3.05, 3.63) is 48.0 Å². The smallest absolute Gasteiger partial charge is 0.333 e. The summed E-state index contributed by atoms with van der Waals surface area (Å²) < 4.78 is 21.5. The second-order valence-electron chi connectivity index (χ2n) is 7.24. The molecule has 0 aromatic heterocycles. The van der Waals surface area contributed by atoms with Crippen LogP contribution in [0.1, 0.15) is 63.5 Å². The summed E-state index contributed by atoms with van der Waals surface area (Å²) in [7, 11) is 1.68. The number of rotatable bonds is 17. The molecule has 1 rings (SSSR count). The molecule has 0 spiro atoms. The summed E-state index contributed by atoms with van der Waals surface area (Å²) in [5, 5.41) is 0. The van der Waals surface area contributed by atoms with E-state index in [0.717, 1.165) is 50.7 Å². The van der Waals surface area contributed by atoms with E-state index in [1.165, 1.54) is 0 Å². The van der Waals surface area contributed by atoms with Gasteiger partial charge in [-0.2, -0.15) is 0 Å². The topological polar surface area (TPSA) is 71.1 Å². The number of unbranched alkanes of at least 4 members (excludes halogenated alkanes) is 4. The number of carbonyl (C=O) groups is 2. The summed E-state index contributed by atoms with van der Waals surface area (Å²) in [5.41, 5.74) is 1.34. The van der Waals surface area contributed by atoms with Crippen molar-refractivity contribution in [2.24, 2.45) is 0 Å². The van der Waals surface area contributed by atoms with Gasteiger partial charge in [-0.1, -0.05) is 49.8 Å². The lowest BCUT2D eigenvalue weighted by Gasteiger charge is -2.18. The first-order valence-electron chi connectivity index (χ1n) is 10.7. The van der Waals surface area contributed by atoms with Crippen LogP contribution >= 0.6 is 0 Å². The number of hydrogen-bond acceptors (Lipinski definition) is 6. The monoisotopic (exact) mass is 420 g/mol. The van der Waals surface area contributed by atoms with Crippen LogP contribution < -0.4 is 0 Å². The number of esters is 2. The first kappa shape index (κ1) is 25.9. The number of hydrogen-bond donors (Lipinski definition) is 0. The van der Waals surface area contributed by atoms with Crippen molar-refractivity contribution in [1.82, 2.24) is 0 Å². The third kappa shape index (κ3) is 12.4. The van der Waals surface area contributed by atoms with E-state index in [1.54, 1.807) is 14.0 Å². The molecular formula is C24H36O6. The van der Waals surface area contributed by atoms with Crippen LogP contribution in [0.25, 0.3) is 0 Å². The molecule has 6 nitrogen and oxygen atoms in total. The highest BCUT2D eigenvalue weighted by molar-refractivity contribution is 5.86. The zero-order valence-electron chi connectivity index (χ0n) is 18.4. The number of methoxy groups -OCH3 is 1. The van der Waals surface area contributed by atoms with E-state index in [9.17, 15) is 9.59 Å². The average Bonchev–Trinajstić information content (AvgIpc) is 2.75. The van der Waals surface area contributed by atoms with Crippen LogP contribution in [0, 0.1) is 0 Å². The van der Waals surface area contributed by atoms with Crippen LogP contribution in [0.5, 0.6) is 0 Å². The lowest BCUT2D eigenvalue weighted by molar-refractivity contribution is -0.153. The molecular weight excluding hydrogens is 384 g/mol. The minimum absolute atomic E-state index is 0.222. The Kier molecular flexibility index (Phi) is 14.3. The van der Waals surface area contributed by atoms with Crippen molar-refractivity contribution in [1.29, 1.82) is 0 Å². The molecule has 1 aromatic rings. The lowest BCUT2D eigenvalue weighted by Crippen LogP contribution is -2.17. The van der Waals surface area contributed by atoms with Crippen LogP contribution in [0.15, 0.2) is 42.5 Å². The molecule has 0 saturated carbocycles. The number of carbonyl (C=O) groups excluding carboxylic acids is 2. The van der Waals surface area contributed by atoms with Crippen LogP contribution in [0.2, 0.25) is 0 Å². The predicted octanol–water partition coefficient (Wildman–Crippen LogP) is 4.78. The molecule has 0 bridgehead atoms. The van der Waals surface area contributed by atoms with E-state index in [2.05, 4.69) is 6.58 Å². The molecule has 0 radical (unpaired) electrons. The maximum Gasteiger partial charge on any atom is 0.333 e. The summed E-state index contributed by atoms with van der Waals surface area (Å²) in [5.74, 6) is -0.577. The molecule has 1 atom stereocenters. The Balaban J connectivity index is 2.27. The van der Waals surface area contributed by atoms with Crippen molar-refractivity contribution in [3.63, 3.8) is 0 Å². The van der Waals surface area contributed by atoms with Crippen LogP contribution in [-0.2, 0) is 28.5 Å². The Hall–Kier alpha value is -2.18. The van der Waals surface area contributed by atoms with Gasteiger partial charge in [-0.25, -0.2) is 4.79 Å². The molecule has 0 aliphatic heterocycles. The molecule has 1 aromatic carbocycles. The van der Waals surface area contributed by atoms with E-state index >= 15 is 0 Å². The van der Waals surface area contributed by atoms with Crippen LogP contribution in [0.3, 0.4) is 0 Å². The molecule has 168 valence electrons. The second kappa shape index (κ2) is 16.6. The van der Waals surface area contributed by atoms with E-state index in [1.807, 2.05) is 30.3 Å². The fraction of sp³-hybridized carbons (Fsp3) is 0.583. The fourth-order valence-electron chi connectivity index (χ4n) is 2.74. The van der Waals surface area contributed by atoms with Crippen LogP contribution in [0.4, 0.5) is 0 Å². The highest BCUT2D eigenvalue weighted by atomic mass is 16.6. The van der Waals surface area contributed by atoms with Crippen molar-refractivity contribution >= 4 is 11.9 Å². The Bertz CT molecular complexity index is 613. The standard InChI is InChI=1S/C24H36O6/c1-20(2)24(26)29-18-10-5-4-9-15-23(25)30-22(21-13-7-6-8-14-21)19-28-17-12-11-16-27-3/h6-8,13-14,22H,1,4-5,9-12,15-19H2,2-3H3. The Morgan fingerprint density at radius 2 is 1.60 bits per heavy atom. The molecule has 0 amide bonds. The molecule has 0 saturated heterocycles. The van der Waals surface area contributed by atoms with E-state index < -0.39 is 6.10 Å². The first-order valence-corrected chi connectivity index (χ1v) is 10.7. The molecule has 1 unspecified atom stereocenters. The zero-order chi connectivity index (χ0) is 22.0. The first-order chi connectivity index (χ1) is 14.5. The highest BCUT2D eigenvalue weighted by Crippen LogP contribution is 2.19. The van der Waals surface area contributed by atoms with Gasteiger partial charge in [-0.05, 0) is 38.2 Å². The second-order valence-corrected chi connectivity index (χ2v) is 7.24. The zero-order valence-corrected chi connectivity index (χ0v) is 18.4. The van der Waals surface area contributed by atoms with Crippen molar-refractivity contribution in [3.8, 4) is 0 Å². The molecule has 0 heterocycles. The normalized spacial score (nSPS) is 11.7. The van der Waals surface area contributed by atoms with E-state index in [0.29, 0.717) is 31.8 Å². The van der Waals surface area contributed by atoms with Crippen LogP contribution in [-0.4, -0.2) is 45.5 Å². The Morgan fingerprint density at radius 3 is 2.30 bits per heavy atom. The largest absolute Gasteiger partial charge is 0.462 e. The molecule has 6 heteroatoms. The van der Waals surface area contributed by atoms with Crippen molar-refractivity contribution in [2.75, 3.05) is 33.5 Å². The van der Waals surface area contributed by atoms with Crippen molar-refractivity contribution in [2.45, 2.75) is 58.0 Å². The average molecular weight is 421 g/mol. The predicted molar refractivity (Wildman–Crippen MR) is 116 cm³/mol. The third-order valence-electron chi connectivity index (χ3n) is 4.46. The highest BCUT2D eigenvalue weighted by Gasteiger charge is 2.17.